The summed E-state index contributed by atoms with van der Waals surface area (Å²) in [4.78, 5) is 9.07. The zero-order valence-corrected chi connectivity index (χ0v) is 47.3. The molecule has 0 aromatic heterocycles. The van der Waals surface area contributed by atoms with E-state index in [2.05, 4.69) is 155 Å². The highest BCUT2D eigenvalue weighted by Gasteiger charge is 2.69. The predicted molar refractivity (Wildman–Crippen MR) is 323 cm³/mol. The van der Waals surface area contributed by atoms with Gasteiger partial charge in [-0.05, 0) is 160 Å². The fourth-order valence-electron chi connectivity index (χ4n) is 18.6. The molecule has 18 rings (SSSR count). The van der Waals surface area contributed by atoms with Gasteiger partial charge in [-0.15, -0.1) is 0 Å². The number of para-hydroxylation sites is 4. The lowest BCUT2D eigenvalue weighted by Crippen LogP contribution is -2.66. The van der Waals surface area contributed by atoms with Crippen LogP contribution in [0.25, 0.3) is 0 Å². The summed E-state index contributed by atoms with van der Waals surface area (Å²) in [6.45, 7) is 18.4. The van der Waals surface area contributed by atoms with Gasteiger partial charge in [-0.25, -0.2) is 8.78 Å². The number of fused-ring (bicyclic) bond motifs is 20. The number of hydrogen-bond acceptors (Lipinski definition) is 4. The number of alkyl halides is 2. The number of rotatable bonds is 0. The van der Waals surface area contributed by atoms with Crippen molar-refractivity contribution in [3.63, 3.8) is 0 Å². The van der Waals surface area contributed by atoms with Gasteiger partial charge in [0.1, 0.15) is 0 Å². The van der Waals surface area contributed by atoms with Crippen LogP contribution in [-0.2, 0) is 21.9 Å². The molecule has 6 aromatic rings. The summed E-state index contributed by atoms with van der Waals surface area (Å²) in [6.07, 6.45) is 13.3. The molecular formula is C70H76B2F2N4. The molecule has 0 bridgehead atoms. The molecule has 6 aromatic carbocycles. The lowest BCUT2D eigenvalue weighted by molar-refractivity contribution is -0.0615. The molecule has 4 nitrogen and oxygen atoms in total. The van der Waals surface area contributed by atoms with Crippen molar-refractivity contribution in [3.05, 3.63) is 130 Å². The molecular weight excluding hydrogens is 956 g/mol. The smallest absolute Gasteiger partial charge is 0.252 e. The maximum atomic E-state index is 17.7. The Balaban J connectivity index is 0.000000130. The molecule has 8 atom stereocenters. The second-order valence-electron chi connectivity index (χ2n) is 28.4. The van der Waals surface area contributed by atoms with Crippen molar-refractivity contribution < 1.29 is 14.3 Å². The molecule has 8 aliphatic heterocycles. The summed E-state index contributed by atoms with van der Waals surface area (Å²) in [7, 11) is 0. The molecule has 12 aliphatic rings. The molecule has 8 heterocycles. The van der Waals surface area contributed by atoms with Crippen molar-refractivity contribution in [2.45, 2.75) is 215 Å². The molecule has 4 fully saturated rings. The summed E-state index contributed by atoms with van der Waals surface area (Å²) in [5.74, 6) is -4.03. The maximum absolute atomic E-state index is 17.7. The van der Waals surface area contributed by atoms with E-state index >= 15 is 8.78 Å². The molecule has 78 heavy (non-hydrogen) atoms. The van der Waals surface area contributed by atoms with Gasteiger partial charge in [0.2, 0.25) is 5.79 Å². The van der Waals surface area contributed by atoms with Gasteiger partial charge in [0.25, 0.3) is 13.4 Å². The highest BCUT2D eigenvalue weighted by atomic mass is 19.2. The van der Waals surface area contributed by atoms with E-state index in [0.717, 1.165) is 89.2 Å². The Morgan fingerprint density at radius 3 is 1.49 bits per heavy atom. The van der Waals surface area contributed by atoms with E-state index in [4.69, 9.17) is 0 Å². The third-order valence-corrected chi connectivity index (χ3v) is 22.6. The highest BCUT2D eigenvalue weighted by Crippen LogP contribution is 2.66. The normalized spacial score (nSPS) is 35.5. The molecule has 4 aliphatic carbocycles. The third kappa shape index (κ3) is 5.52. The molecule has 0 amide bonds. The Bertz CT molecular complexity index is 3420. The SMILES string of the molecule is CC(C)(C)c1cc2c3c(c1)N1c4c(cccc4C4(F)CCCCC14F)B3c1cccc3c1N2C1(C)CCCCC31C.[2H]C12CCCCC1([2H])N1c3cc(C(C)(C)C)cc4c3B(c3cccc2c31)c1cccc2c1N4C1([2H])CCCCC21[2H]. The zero-order valence-electron chi connectivity index (χ0n) is 51.3. The minimum Gasteiger partial charge on any atom is -0.338 e. The van der Waals surface area contributed by atoms with Crippen LogP contribution in [0, 0.1) is 0 Å². The van der Waals surface area contributed by atoms with Crippen LogP contribution in [0.4, 0.5) is 54.3 Å². The lowest BCUT2D eigenvalue weighted by Gasteiger charge is -2.53. The van der Waals surface area contributed by atoms with Crippen molar-refractivity contribution in [2.24, 2.45) is 0 Å². The van der Waals surface area contributed by atoms with Gasteiger partial charge in [-0.2, -0.15) is 0 Å². The van der Waals surface area contributed by atoms with Crippen LogP contribution >= 0.6 is 0 Å². The van der Waals surface area contributed by atoms with E-state index in [1.54, 1.807) is 0 Å². The average Bonchev–Trinajstić information content (AvgIpc) is 1.51. The number of hydrogen-bond donors (Lipinski definition) is 0. The second-order valence-corrected chi connectivity index (χ2v) is 28.4. The van der Waals surface area contributed by atoms with Crippen LogP contribution in [-0.4, -0.2) is 36.8 Å². The van der Waals surface area contributed by atoms with E-state index in [0.29, 0.717) is 37.7 Å². The van der Waals surface area contributed by atoms with Gasteiger partial charge < -0.3 is 19.6 Å². The largest absolute Gasteiger partial charge is 0.338 e. The van der Waals surface area contributed by atoms with Crippen molar-refractivity contribution in [3.8, 4) is 0 Å². The van der Waals surface area contributed by atoms with E-state index in [1.165, 1.54) is 74.6 Å². The van der Waals surface area contributed by atoms with Crippen LogP contribution in [0.15, 0.2) is 97.1 Å². The van der Waals surface area contributed by atoms with E-state index in [9.17, 15) is 5.48 Å². The van der Waals surface area contributed by atoms with Crippen LogP contribution in [0.3, 0.4) is 0 Å². The molecule has 0 spiro atoms. The summed E-state index contributed by atoms with van der Waals surface area (Å²) in [5, 5.41) is 0. The Hall–Kier alpha value is -5.49. The summed E-state index contributed by atoms with van der Waals surface area (Å²) in [6, 6.07) is 33.0. The molecule has 396 valence electrons. The summed E-state index contributed by atoms with van der Waals surface area (Å²) < 4.78 is 75.0. The van der Waals surface area contributed by atoms with E-state index < -0.39 is 35.3 Å². The van der Waals surface area contributed by atoms with Crippen molar-refractivity contribution >= 4 is 91.7 Å². The second kappa shape index (κ2) is 15.3. The first-order chi connectivity index (χ1) is 38.9. The Morgan fingerprint density at radius 2 is 0.923 bits per heavy atom. The lowest BCUT2D eigenvalue weighted by atomic mass is 9.33. The number of nitrogens with zero attached hydrogens (tertiary/aromatic N) is 4. The predicted octanol–water partition coefficient (Wildman–Crippen LogP) is 13.9. The van der Waals surface area contributed by atoms with Crippen LogP contribution in [0.2, 0.25) is 0 Å². The van der Waals surface area contributed by atoms with Gasteiger partial charge in [0.15, 0.2) is 5.67 Å². The molecule has 4 saturated carbocycles. The minimum absolute atomic E-state index is 0.0360. The van der Waals surface area contributed by atoms with Crippen LogP contribution in [0.1, 0.15) is 209 Å². The van der Waals surface area contributed by atoms with Gasteiger partial charge in [0, 0.05) is 89.5 Å². The molecule has 0 N–H and O–H groups in total. The van der Waals surface area contributed by atoms with Crippen molar-refractivity contribution in [1.29, 1.82) is 0 Å². The fraction of sp³-hybridized carbons (Fsp3) is 0.486. The molecule has 8 unspecified atom stereocenters. The maximum Gasteiger partial charge on any atom is 0.252 e. The number of benzene rings is 6. The van der Waals surface area contributed by atoms with Crippen molar-refractivity contribution in [1.82, 2.24) is 0 Å². The summed E-state index contributed by atoms with van der Waals surface area (Å²) >= 11 is 0. The molecule has 8 heteroatoms. The topological polar surface area (TPSA) is 13.0 Å². The highest BCUT2D eigenvalue weighted by molar-refractivity contribution is 7.01. The van der Waals surface area contributed by atoms with Crippen LogP contribution < -0.4 is 52.4 Å². The van der Waals surface area contributed by atoms with Gasteiger partial charge >= 0.3 is 0 Å². The van der Waals surface area contributed by atoms with Gasteiger partial charge in [0.05, 0.1) is 8.28 Å². The fourth-order valence-corrected chi connectivity index (χ4v) is 18.6. The third-order valence-electron chi connectivity index (χ3n) is 22.6. The Morgan fingerprint density at radius 1 is 0.487 bits per heavy atom. The summed E-state index contributed by atoms with van der Waals surface area (Å²) in [5.41, 5.74) is 19.8. The van der Waals surface area contributed by atoms with Crippen molar-refractivity contribution in [2.75, 3.05) is 19.6 Å². The minimum atomic E-state index is -2.07. The first kappa shape index (κ1) is 43.3. The van der Waals surface area contributed by atoms with E-state index in [-0.39, 0.29) is 48.1 Å². The van der Waals surface area contributed by atoms with E-state index in [1.807, 2.05) is 17.0 Å². The van der Waals surface area contributed by atoms with Crippen LogP contribution in [0.5, 0.6) is 0 Å². The van der Waals surface area contributed by atoms with Gasteiger partial charge in [-0.1, -0.05) is 160 Å². The molecule has 0 saturated heterocycles. The molecule has 0 radical (unpaired) electrons. The number of anilines is 8. The van der Waals surface area contributed by atoms with Gasteiger partial charge in [-0.3, -0.25) is 0 Å². The first-order valence-corrected chi connectivity index (χ1v) is 30.4. The average molecular weight is 1040 g/mol. The Kier molecular flexibility index (Phi) is 8.49. The standard InChI is InChI=1S/C36H39BF2N2.C34H37BN2/c1-32(2,3)22-20-27-29-28(21-22)41-31-24(35(38)18-8-9-19-36(35,41)39)13-11-15-26(31)37(29)25-14-10-12-23-30(25)40(27)34(5)17-7-6-16-33(23,34)4;1-34(2,3)20-18-29-31-30(19-20)37-28-17-7-5-11-22(28)24-13-9-15-26(33(24)37)35(31)25-14-8-12-23-21-10-4-6-16-27(21)36(29)32(23)25/h10-15,20-21H,6-9,16-19H2,1-5H3;8-9,12-15,18-19,21-22,27-28H,4-7,10-11,16-17H2,1-3H3/i;21D,22D,27D,28D. The number of halogens is 2. The monoisotopic (exact) mass is 1040 g/mol. The zero-order chi connectivity index (χ0) is 56.6. The quantitative estimate of drug-likeness (QED) is 0.111. The Labute approximate surface area is 469 Å². The first-order valence-electron chi connectivity index (χ1n) is 32.4.